The molecule has 0 saturated carbocycles. The average molecular weight is 483 g/mol. The fourth-order valence-electron chi connectivity index (χ4n) is 4.95. The first kappa shape index (κ1) is 29.0. The molecule has 0 bridgehead atoms. The molecule has 0 saturated heterocycles. The summed E-state index contributed by atoms with van der Waals surface area (Å²) in [6, 6.07) is 0. The molecule has 4 nitrogen and oxygen atoms in total. The molecule has 0 N–H and O–H groups in total. The Morgan fingerprint density at radius 2 is 1.44 bits per heavy atom. The number of methoxy groups -OCH3 is 1. The Kier molecular flexibility index (Phi) is 9.52. The van der Waals surface area contributed by atoms with Crippen molar-refractivity contribution in [2.45, 2.75) is 117 Å². The summed E-state index contributed by atoms with van der Waals surface area (Å²) >= 11 is 0. The minimum absolute atomic E-state index is 0.0399. The van der Waals surface area contributed by atoms with Crippen LogP contribution in [-0.2, 0) is 18.4 Å². The fourth-order valence-corrected chi connectivity index (χ4v) is 11.4. The van der Waals surface area contributed by atoms with Crippen LogP contribution in [0.4, 0.5) is 0 Å². The fraction of sp³-hybridized carbons (Fsp3) is 0.808. The van der Waals surface area contributed by atoms with Gasteiger partial charge in [-0.15, -0.1) is 0 Å². The minimum atomic E-state index is -2.13. The molecule has 0 aromatic rings. The van der Waals surface area contributed by atoms with E-state index in [9.17, 15) is 4.79 Å². The van der Waals surface area contributed by atoms with Crippen LogP contribution in [0.15, 0.2) is 23.2 Å². The van der Waals surface area contributed by atoms with Crippen LogP contribution in [0.5, 0.6) is 0 Å². The summed E-state index contributed by atoms with van der Waals surface area (Å²) in [5, 5.41) is 0.0399. The van der Waals surface area contributed by atoms with Gasteiger partial charge in [0.15, 0.2) is 0 Å². The number of allylic oxidation sites excluding steroid dienone is 3. The van der Waals surface area contributed by atoms with Crippen molar-refractivity contribution in [3.05, 3.63) is 23.2 Å². The van der Waals surface area contributed by atoms with Gasteiger partial charge in [0.2, 0.25) is 8.32 Å². The quantitative estimate of drug-likeness (QED) is 0.258. The van der Waals surface area contributed by atoms with Gasteiger partial charge in [-0.3, -0.25) is 0 Å². The largest absolute Gasteiger partial charge is 0.546 e. The zero-order chi connectivity index (χ0) is 25.2. The SMILES string of the molecule is COC(=O)C1=C(O[Si](C)(C)C(C)(C)C)[C@H](C)CC(O[Si](C(C)C)(C(C)C)C(C)C)=C[C@@H]1C. The molecule has 0 unspecified atom stereocenters. The summed E-state index contributed by atoms with van der Waals surface area (Å²) in [7, 11) is -2.76. The van der Waals surface area contributed by atoms with E-state index in [4.69, 9.17) is 13.6 Å². The van der Waals surface area contributed by atoms with E-state index in [1.165, 1.54) is 7.11 Å². The molecule has 0 aliphatic heterocycles. The zero-order valence-corrected chi connectivity index (χ0v) is 25.3. The third kappa shape index (κ3) is 5.91. The average Bonchev–Trinajstić information content (AvgIpc) is 2.73. The molecular weight excluding hydrogens is 432 g/mol. The third-order valence-electron chi connectivity index (χ3n) is 7.70. The van der Waals surface area contributed by atoms with Crippen molar-refractivity contribution in [1.29, 1.82) is 0 Å². The maximum absolute atomic E-state index is 12.9. The van der Waals surface area contributed by atoms with E-state index in [1.54, 1.807) is 0 Å². The molecule has 2 atom stereocenters. The first-order chi connectivity index (χ1) is 14.4. The van der Waals surface area contributed by atoms with E-state index < -0.39 is 16.6 Å². The van der Waals surface area contributed by atoms with Crippen molar-refractivity contribution in [1.82, 2.24) is 0 Å². The second-order valence-corrected chi connectivity index (χ2v) is 22.2. The molecule has 1 aliphatic carbocycles. The lowest BCUT2D eigenvalue weighted by molar-refractivity contribution is -0.136. The highest BCUT2D eigenvalue weighted by Crippen LogP contribution is 2.47. The van der Waals surface area contributed by atoms with Crippen LogP contribution in [0, 0.1) is 11.8 Å². The standard InChI is InChI=1S/C26H50O4Si2/c1-17(2)32(18(3)4,19(5)6)29-22-15-20(7)23(25(27)28-12)24(21(8)16-22)30-31(13,14)26(9,10)11/h15,17-21H,16H2,1-14H3/t20-,21+/m0/s1. The number of rotatable bonds is 8. The van der Waals surface area contributed by atoms with Crippen molar-refractivity contribution < 1.29 is 18.4 Å². The van der Waals surface area contributed by atoms with Crippen LogP contribution < -0.4 is 0 Å². The first-order valence-corrected chi connectivity index (χ1v) is 17.4. The van der Waals surface area contributed by atoms with Crippen molar-refractivity contribution >= 4 is 22.6 Å². The van der Waals surface area contributed by atoms with Gasteiger partial charge in [0, 0.05) is 18.3 Å². The van der Waals surface area contributed by atoms with Crippen LogP contribution in [0.1, 0.15) is 82.6 Å². The number of hydrogen-bond donors (Lipinski definition) is 0. The van der Waals surface area contributed by atoms with Crippen molar-refractivity contribution in [2.75, 3.05) is 7.11 Å². The molecule has 1 aliphatic rings. The Balaban J connectivity index is 3.52. The minimum Gasteiger partial charge on any atom is -0.546 e. The van der Waals surface area contributed by atoms with Crippen LogP contribution in [0.25, 0.3) is 0 Å². The molecule has 0 amide bonds. The summed E-state index contributed by atoms with van der Waals surface area (Å²) in [4.78, 5) is 12.9. The first-order valence-electron chi connectivity index (χ1n) is 12.3. The number of ether oxygens (including phenoxy) is 1. The Hall–Kier alpha value is -1.02. The van der Waals surface area contributed by atoms with Crippen LogP contribution in [-0.4, -0.2) is 29.7 Å². The normalized spacial score (nSPS) is 21.1. The number of esters is 1. The van der Waals surface area contributed by atoms with Gasteiger partial charge in [-0.1, -0.05) is 76.2 Å². The van der Waals surface area contributed by atoms with E-state index in [0.29, 0.717) is 22.2 Å². The number of hydrogen-bond acceptors (Lipinski definition) is 4. The summed E-state index contributed by atoms with van der Waals surface area (Å²) in [6.07, 6.45) is 2.90. The second kappa shape index (κ2) is 10.5. The van der Waals surface area contributed by atoms with Gasteiger partial charge in [0.05, 0.1) is 24.2 Å². The second-order valence-electron chi connectivity index (χ2n) is 12.1. The molecule has 186 valence electrons. The molecule has 0 heterocycles. The lowest BCUT2D eigenvalue weighted by atomic mass is 9.97. The van der Waals surface area contributed by atoms with Crippen molar-refractivity contribution in [2.24, 2.45) is 11.8 Å². The topological polar surface area (TPSA) is 44.8 Å². The zero-order valence-electron chi connectivity index (χ0n) is 23.3. The summed E-state index contributed by atoms with van der Waals surface area (Å²) in [6.45, 7) is 29.2. The summed E-state index contributed by atoms with van der Waals surface area (Å²) in [5.41, 5.74) is 2.13. The Morgan fingerprint density at radius 3 is 1.81 bits per heavy atom. The van der Waals surface area contributed by atoms with Gasteiger partial charge in [-0.25, -0.2) is 4.79 Å². The molecule has 0 aromatic heterocycles. The highest BCUT2D eigenvalue weighted by atomic mass is 28.4. The van der Waals surface area contributed by atoms with Gasteiger partial charge in [0.1, 0.15) is 0 Å². The maximum Gasteiger partial charge on any atom is 0.337 e. The summed E-state index contributed by atoms with van der Waals surface area (Å²) in [5.74, 6) is 1.45. The van der Waals surface area contributed by atoms with Crippen LogP contribution in [0.2, 0.25) is 34.8 Å². The molecular formula is C26H50O4Si2. The highest BCUT2D eigenvalue weighted by Gasteiger charge is 2.48. The van der Waals surface area contributed by atoms with Gasteiger partial charge in [-0.05, 0) is 40.8 Å². The predicted molar refractivity (Wildman–Crippen MR) is 140 cm³/mol. The van der Waals surface area contributed by atoms with Gasteiger partial charge in [0.25, 0.3) is 8.32 Å². The molecule has 0 aromatic carbocycles. The predicted octanol–water partition coefficient (Wildman–Crippen LogP) is 8.19. The van der Waals surface area contributed by atoms with Crippen LogP contribution >= 0.6 is 0 Å². The van der Waals surface area contributed by atoms with E-state index in [0.717, 1.165) is 17.9 Å². The maximum atomic E-state index is 12.9. The van der Waals surface area contributed by atoms with Gasteiger partial charge >= 0.3 is 5.97 Å². The lowest BCUT2D eigenvalue weighted by Gasteiger charge is -2.43. The lowest BCUT2D eigenvalue weighted by Crippen LogP contribution is -2.47. The highest BCUT2D eigenvalue weighted by molar-refractivity contribution is 6.78. The monoisotopic (exact) mass is 482 g/mol. The summed E-state index contributed by atoms with van der Waals surface area (Å²) < 4.78 is 19.1. The third-order valence-corrected chi connectivity index (χ3v) is 18.1. The Morgan fingerprint density at radius 1 is 0.969 bits per heavy atom. The van der Waals surface area contributed by atoms with E-state index in [2.05, 4.69) is 95.3 Å². The molecule has 0 radical (unpaired) electrons. The van der Waals surface area contributed by atoms with Gasteiger partial charge < -0.3 is 13.6 Å². The van der Waals surface area contributed by atoms with Crippen molar-refractivity contribution in [3.63, 3.8) is 0 Å². The van der Waals surface area contributed by atoms with Crippen molar-refractivity contribution in [3.8, 4) is 0 Å². The van der Waals surface area contributed by atoms with E-state index in [-0.39, 0.29) is 22.8 Å². The van der Waals surface area contributed by atoms with Gasteiger partial charge in [-0.2, -0.15) is 0 Å². The van der Waals surface area contributed by atoms with Crippen LogP contribution in [0.3, 0.4) is 0 Å². The number of carbonyl (C=O) groups excluding carboxylic acids is 1. The molecule has 32 heavy (non-hydrogen) atoms. The molecule has 6 heteroatoms. The molecule has 0 spiro atoms. The van der Waals surface area contributed by atoms with E-state index in [1.807, 2.05) is 0 Å². The Labute approximate surface area is 200 Å². The molecule has 0 fully saturated rings. The smallest absolute Gasteiger partial charge is 0.337 e. The number of carbonyl (C=O) groups is 1. The van der Waals surface area contributed by atoms with E-state index >= 15 is 0 Å². The molecule has 1 rings (SSSR count). The Bertz CT molecular complexity index is 705.